The summed E-state index contributed by atoms with van der Waals surface area (Å²) in [6.45, 7) is -1.21. The van der Waals surface area contributed by atoms with E-state index in [9.17, 15) is 18.8 Å². The number of methoxy groups -OCH3 is 1. The number of rotatable bonds is 3. The summed E-state index contributed by atoms with van der Waals surface area (Å²) in [5, 5.41) is 0. The molecule has 3 fully saturated rings. The van der Waals surface area contributed by atoms with Crippen molar-refractivity contribution in [3.63, 3.8) is 0 Å². The largest absolute Gasteiger partial charge is 0.472 e. The maximum atomic E-state index is 15.9. The highest BCUT2D eigenvalue weighted by Gasteiger charge is 2.53. The quantitative estimate of drug-likeness (QED) is 0.201. The molecule has 21 nitrogen and oxygen atoms in total. The topological polar surface area (TPSA) is 278 Å². The molecule has 3 saturated heterocycles. The van der Waals surface area contributed by atoms with Gasteiger partial charge >= 0.3 is 16.1 Å². The van der Waals surface area contributed by atoms with Gasteiger partial charge in [0, 0.05) is 7.11 Å². The predicted octanol–water partition coefficient (Wildman–Crippen LogP) is -0.421. The molecule has 4 aromatic heterocycles. The van der Waals surface area contributed by atoms with Gasteiger partial charge in [-0.1, -0.05) is 0 Å². The highest BCUT2D eigenvalue weighted by atomic mass is 31.2. The fraction of sp³-hybridized carbons (Fsp3) is 0.524. The van der Waals surface area contributed by atoms with E-state index < -0.39 is 84.0 Å². The van der Waals surface area contributed by atoms with Crippen LogP contribution in [0.1, 0.15) is 12.5 Å². The van der Waals surface area contributed by atoms with Crippen LogP contribution in [-0.4, -0.2) is 101 Å². The summed E-state index contributed by atoms with van der Waals surface area (Å²) in [4.78, 5) is 45.6. The summed E-state index contributed by atoms with van der Waals surface area (Å²) in [5.41, 5.74) is 11.1. The Labute approximate surface area is 250 Å². The number of aromatic nitrogens is 8. The van der Waals surface area contributed by atoms with Crippen LogP contribution in [0.2, 0.25) is 0 Å². The SMILES string of the molecule is CO[C@H]1[C@H]2OP(=O)(O)OC[C@H]3O[C@@H](n4cnc5c(N)ncnc54)[C@H](F)[C@@H]3O[PH](=O)OC[C@H]1O[C@H]2n1cnc2c(=O)[nH]c(N)nc21. The van der Waals surface area contributed by atoms with Crippen molar-refractivity contribution in [1.29, 1.82) is 0 Å². The van der Waals surface area contributed by atoms with Gasteiger partial charge in [0.05, 0.1) is 25.9 Å². The van der Waals surface area contributed by atoms with Gasteiger partial charge in [0.1, 0.15) is 42.4 Å². The number of hydrogen-bond donors (Lipinski definition) is 4. The van der Waals surface area contributed by atoms with E-state index >= 15 is 4.39 Å². The van der Waals surface area contributed by atoms with Crippen LogP contribution in [0.4, 0.5) is 16.2 Å². The number of ether oxygens (including phenoxy) is 3. The molecule has 0 saturated carbocycles. The van der Waals surface area contributed by atoms with E-state index in [1.54, 1.807) is 0 Å². The second-order valence-corrected chi connectivity index (χ2v) is 12.5. The molecule has 4 aromatic rings. The van der Waals surface area contributed by atoms with Crippen molar-refractivity contribution in [2.24, 2.45) is 0 Å². The number of fused-ring (bicyclic) bond motifs is 5. The lowest BCUT2D eigenvalue weighted by Crippen LogP contribution is -2.37. The van der Waals surface area contributed by atoms with Gasteiger partial charge in [-0.3, -0.25) is 32.5 Å². The van der Waals surface area contributed by atoms with E-state index in [1.807, 2.05) is 0 Å². The lowest BCUT2D eigenvalue weighted by atomic mass is 10.1. The summed E-state index contributed by atoms with van der Waals surface area (Å²) < 4.78 is 83.7. The molecule has 242 valence electrons. The third-order valence-electron chi connectivity index (χ3n) is 7.47. The van der Waals surface area contributed by atoms with Gasteiger partial charge in [0.25, 0.3) is 5.56 Å². The molecule has 7 rings (SSSR count). The molecule has 7 heterocycles. The summed E-state index contributed by atoms with van der Waals surface area (Å²) in [5.74, 6) is -0.178. The molecule has 2 bridgehead atoms. The van der Waals surface area contributed by atoms with Crippen molar-refractivity contribution in [2.75, 3.05) is 31.8 Å². The van der Waals surface area contributed by atoms with Gasteiger partial charge in [-0.15, -0.1) is 0 Å². The van der Waals surface area contributed by atoms with E-state index in [2.05, 4.69) is 29.9 Å². The molecule has 0 aliphatic carbocycles. The van der Waals surface area contributed by atoms with E-state index in [0.717, 1.165) is 6.33 Å². The van der Waals surface area contributed by atoms with Crippen LogP contribution in [0.25, 0.3) is 22.3 Å². The smallest absolute Gasteiger partial charge is 0.382 e. The maximum Gasteiger partial charge on any atom is 0.472 e. The number of halogens is 1. The van der Waals surface area contributed by atoms with Crippen molar-refractivity contribution in [3.8, 4) is 0 Å². The molecule has 2 unspecified atom stereocenters. The van der Waals surface area contributed by atoms with Crippen LogP contribution in [0.15, 0.2) is 23.8 Å². The first-order valence-electron chi connectivity index (χ1n) is 13.2. The number of phosphoric ester groups is 1. The number of imidazole rings is 2. The molecule has 45 heavy (non-hydrogen) atoms. The third-order valence-corrected chi connectivity index (χ3v) is 9.32. The zero-order chi connectivity index (χ0) is 31.6. The third kappa shape index (κ3) is 5.31. The summed E-state index contributed by atoms with van der Waals surface area (Å²) >= 11 is 0. The average Bonchev–Trinajstić information content (AvgIpc) is 3.75. The number of nitrogen functional groups attached to an aromatic ring is 2. The van der Waals surface area contributed by atoms with Crippen LogP contribution in [0, 0.1) is 0 Å². The number of alkyl halides is 1. The lowest BCUT2D eigenvalue weighted by Gasteiger charge is -2.26. The van der Waals surface area contributed by atoms with Crippen molar-refractivity contribution in [3.05, 3.63) is 29.3 Å². The Morgan fingerprint density at radius 2 is 1.80 bits per heavy atom. The lowest BCUT2D eigenvalue weighted by molar-refractivity contribution is -0.0625. The number of phosphoric acid groups is 1. The number of nitrogens with one attached hydrogen (secondary N) is 1. The fourth-order valence-electron chi connectivity index (χ4n) is 5.49. The van der Waals surface area contributed by atoms with Gasteiger partial charge in [0.2, 0.25) is 5.95 Å². The van der Waals surface area contributed by atoms with Gasteiger partial charge < -0.3 is 39.6 Å². The van der Waals surface area contributed by atoms with Gasteiger partial charge in [-0.05, 0) is 0 Å². The van der Waals surface area contributed by atoms with Gasteiger partial charge in [-0.2, -0.15) is 4.98 Å². The molecule has 24 heteroatoms. The molecular formula is C21H25FN10O11P2. The normalized spacial score (nSPS) is 36.0. The molecule has 0 aromatic carbocycles. The fourth-order valence-corrected chi connectivity index (χ4v) is 7.29. The van der Waals surface area contributed by atoms with Crippen LogP contribution >= 0.6 is 16.1 Å². The first-order chi connectivity index (χ1) is 21.5. The van der Waals surface area contributed by atoms with Crippen LogP contribution in [0.3, 0.4) is 0 Å². The van der Waals surface area contributed by atoms with Crippen molar-refractivity contribution in [1.82, 2.24) is 39.0 Å². The van der Waals surface area contributed by atoms with Crippen molar-refractivity contribution in [2.45, 2.75) is 49.1 Å². The summed E-state index contributed by atoms with van der Waals surface area (Å²) in [6.07, 6.45) is -7.76. The summed E-state index contributed by atoms with van der Waals surface area (Å²) in [7, 11) is -7.19. The molecule has 3 aliphatic rings. The molecule has 0 radical (unpaired) electrons. The standard InChI is InChI=1S/C21H25FN10O11P2/c1-37-13-7-2-38-44(34)42-12-8(40-19(9(12)22)31-5-27-10-15(23)25-4-26-16(10)31)3-39-45(35,36)43-14(13)20(41-7)32-6-28-11-17(32)29-21(24)30-18(11)33/h4-9,12-14,19-20,44H,2-3H2,1H3,(H,35,36)(H2,23,25,26)(H3,24,29,30,33)/t7-,8-,9-,12-,13-,14-,19-,20-/m1/s1. The highest BCUT2D eigenvalue weighted by Crippen LogP contribution is 2.52. The van der Waals surface area contributed by atoms with Crippen molar-refractivity contribution >= 4 is 50.2 Å². The zero-order valence-corrected chi connectivity index (χ0v) is 24.8. The molecule has 10 atom stereocenters. The number of nitrogens with zero attached hydrogens (tertiary/aromatic N) is 7. The molecule has 6 N–H and O–H groups in total. The number of nitrogens with two attached hydrogens (primary N) is 2. The Hall–Kier alpha value is -3.43. The minimum absolute atomic E-state index is 0.0285. The number of aromatic amines is 1. The number of anilines is 2. The van der Waals surface area contributed by atoms with Crippen LogP contribution in [0.5, 0.6) is 0 Å². The first-order valence-corrected chi connectivity index (χ1v) is 15.9. The van der Waals surface area contributed by atoms with Crippen LogP contribution < -0.4 is 17.0 Å². The van der Waals surface area contributed by atoms with Gasteiger partial charge in [-0.25, -0.2) is 28.9 Å². The Morgan fingerprint density at radius 1 is 1.07 bits per heavy atom. The second-order valence-electron chi connectivity index (χ2n) is 10.1. The number of H-pyrrole nitrogens is 1. The number of hydrogen-bond acceptors (Lipinski definition) is 17. The zero-order valence-electron chi connectivity index (χ0n) is 22.9. The predicted molar refractivity (Wildman–Crippen MR) is 146 cm³/mol. The average molecular weight is 674 g/mol. The van der Waals surface area contributed by atoms with Crippen molar-refractivity contribution < 1.29 is 50.7 Å². The van der Waals surface area contributed by atoms with Crippen LogP contribution in [-0.2, 0) is 41.4 Å². The maximum absolute atomic E-state index is 15.9. The highest BCUT2D eigenvalue weighted by molar-refractivity contribution is 7.47. The second kappa shape index (κ2) is 11.4. The molecular weight excluding hydrogens is 649 g/mol. The molecule has 0 amide bonds. The minimum atomic E-state index is -5.01. The monoisotopic (exact) mass is 674 g/mol. The minimum Gasteiger partial charge on any atom is -0.382 e. The van der Waals surface area contributed by atoms with E-state index in [4.69, 9.17) is 43.8 Å². The Bertz CT molecular complexity index is 1890. The van der Waals surface area contributed by atoms with E-state index in [1.165, 1.54) is 28.9 Å². The summed E-state index contributed by atoms with van der Waals surface area (Å²) in [6, 6.07) is 0. The van der Waals surface area contributed by atoms with E-state index in [0.29, 0.717) is 0 Å². The van der Waals surface area contributed by atoms with E-state index in [-0.39, 0.29) is 34.1 Å². The Balaban J connectivity index is 1.20. The molecule has 0 spiro atoms. The van der Waals surface area contributed by atoms with Gasteiger partial charge in [0.15, 0.2) is 41.3 Å². The molecule has 3 aliphatic heterocycles. The Kier molecular flexibility index (Phi) is 7.68. The Morgan fingerprint density at radius 3 is 2.58 bits per heavy atom. The first kappa shape index (κ1) is 30.2.